The highest BCUT2D eigenvalue weighted by Crippen LogP contribution is 2.36. The molecule has 0 fully saturated rings. The third kappa shape index (κ3) is 1.55. The highest BCUT2D eigenvalue weighted by atomic mass is 14.9. The molecule has 0 radical (unpaired) electrons. The van der Waals surface area contributed by atoms with Gasteiger partial charge in [-0.1, -0.05) is 25.1 Å². The van der Waals surface area contributed by atoms with Gasteiger partial charge in [0.1, 0.15) is 5.82 Å². The Kier molecular flexibility index (Phi) is 2.25. The van der Waals surface area contributed by atoms with Crippen LogP contribution in [0, 0.1) is 13.8 Å². The summed E-state index contributed by atoms with van der Waals surface area (Å²) in [5, 5.41) is 0. The van der Waals surface area contributed by atoms with Gasteiger partial charge in [-0.3, -0.25) is 0 Å². The Morgan fingerprint density at radius 3 is 2.76 bits per heavy atom. The van der Waals surface area contributed by atoms with E-state index in [1.54, 1.807) is 0 Å². The highest BCUT2D eigenvalue weighted by Gasteiger charge is 2.22. The maximum atomic E-state index is 4.60. The van der Waals surface area contributed by atoms with Crippen LogP contribution < -0.4 is 0 Å². The third-order valence-electron chi connectivity index (χ3n) is 3.53. The molecule has 0 unspecified atom stereocenters. The van der Waals surface area contributed by atoms with Crippen LogP contribution in [0.15, 0.2) is 18.2 Å². The van der Waals surface area contributed by atoms with Gasteiger partial charge in [0, 0.05) is 23.2 Å². The van der Waals surface area contributed by atoms with Gasteiger partial charge in [-0.2, -0.15) is 0 Å². The highest BCUT2D eigenvalue weighted by molar-refractivity contribution is 5.74. The number of nitrogens with zero attached hydrogens (tertiary/aromatic N) is 2. The number of hydrogen-bond donors (Lipinski definition) is 0. The molecule has 0 amide bonds. The van der Waals surface area contributed by atoms with Gasteiger partial charge in [0.05, 0.1) is 5.69 Å². The van der Waals surface area contributed by atoms with Crippen LogP contribution in [0.1, 0.15) is 35.1 Å². The third-order valence-corrected chi connectivity index (χ3v) is 3.53. The summed E-state index contributed by atoms with van der Waals surface area (Å²) in [6, 6.07) is 6.73. The Morgan fingerprint density at radius 1 is 1.18 bits per heavy atom. The first-order chi connectivity index (χ1) is 8.19. The van der Waals surface area contributed by atoms with E-state index in [2.05, 4.69) is 42.0 Å². The lowest BCUT2D eigenvalue weighted by Gasteiger charge is -2.04. The summed E-state index contributed by atoms with van der Waals surface area (Å²) in [7, 11) is 0. The molecule has 0 bridgehead atoms. The summed E-state index contributed by atoms with van der Waals surface area (Å²) in [6.07, 6.45) is 2.08. The predicted octanol–water partition coefficient (Wildman–Crippen LogP) is 3.23. The Bertz CT molecular complexity index is 600. The molecule has 2 heteroatoms. The molecule has 1 aromatic heterocycles. The van der Waals surface area contributed by atoms with E-state index >= 15 is 0 Å². The van der Waals surface area contributed by atoms with Crippen molar-refractivity contribution >= 4 is 0 Å². The van der Waals surface area contributed by atoms with E-state index in [4.69, 9.17) is 0 Å². The largest absolute Gasteiger partial charge is 0.238 e. The Balaban J connectivity index is 2.21. The zero-order valence-corrected chi connectivity index (χ0v) is 10.5. The molecule has 3 rings (SSSR count). The van der Waals surface area contributed by atoms with Gasteiger partial charge in [0.15, 0.2) is 0 Å². The SMILES string of the molecule is CCc1ccc2c(c1)Cc1c(C)nc(C)nc1-2. The maximum Gasteiger partial charge on any atom is 0.126 e. The van der Waals surface area contributed by atoms with Gasteiger partial charge in [0.2, 0.25) is 0 Å². The van der Waals surface area contributed by atoms with E-state index in [0.717, 1.165) is 30.1 Å². The Hall–Kier alpha value is -1.70. The second kappa shape index (κ2) is 3.66. The summed E-state index contributed by atoms with van der Waals surface area (Å²) < 4.78 is 0. The Morgan fingerprint density at radius 2 is 2.00 bits per heavy atom. The van der Waals surface area contributed by atoms with Gasteiger partial charge in [-0.25, -0.2) is 9.97 Å². The molecule has 17 heavy (non-hydrogen) atoms. The fraction of sp³-hybridized carbons (Fsp3) is 0.333. The number of hydrogen-bond acceptors (Lipinski definition) is 2. The van der Waals surface area contributed by atoms with Crippen LogP contribution >= 0.6 is 0 Å². The van der Waals surface area contributed by atoms with Crippen LogP contribution in [0.4, 0.5) is 0 Å². The van der Waals surface area contributed by atoms with E-state index in [-0.39, 0.29) is 0 Å². The zero-order valence-electron chi connectivity index (χ0n) is 10.5. The molecule has 1 aliphatic rings. The van der Waals surface area contributed by atoms with E-state index < -0.39 is 0 Å². The second-order valence-electron chi connectivity index (χ2n) is 4.71. The van der Waals surface area contributed by atoms with Crippen molar-refractivity contribution in [2.45, 2.75) is 33.6 Å². The van der Waals surface area contributed by atoms with Crippen LogP contribution in [-0.2, 0) is 12.8 Å². The molecule has 0 saturated heterocycles. The summed E-state index contributed by atoms with van der Waals surface area (Å²) >= 11 is 0. The molecule has 0 saturated carbocycles. The lowest BCUT2D eigenvalue weighted by molar-refractivity contribution is 0.986. The lowest BCUT2D eigenvalue weighted by atomic mass is 10.0. The van der Waals surface area contributed by atoms with Crippen molar-refractivity contribution < 1.29 is 0 Å². The normalized spacial score (nSPS) is 12.4. The molecule has 1 aliphatic carbocycles. The number of benzene rings is 1. The number of rotatable bonds is 1. The molecule has 1 aromatic carbocycles. The molecule has 1 heterocycles. The van der Waals surface area contributed by atoms with Crippen LogP contribution in [-0.4, -0.2) is 9.97 Å². The van der Waals surface area contributed by atoms with Gasteiger partial charge >= 0.3 is 0 Å². The van der Waals surface area contributed by atoms with Gasteiger partial charge in [0.25, 0.3) is 0 Å². The standard InChI is InChI=1S/C15H16N2/c1-4-11-5-6-13-12(7-11)8-14-9(2)16-10(3)17-15(13)14/h5-7H,4,8H2,1-3H3. The minimum absolute atomic E-state index is 0.869. The minimum atomic E-state index is 0.869. The average Bonchev–Trinajstić information content (AvgIpc) is 2.67. The summed E-state index contributed by atoms with van der Waals surface area (Å²) in [5.41, 5.74) is 7.68. The van der Waals surface area contributed by atoms with Crippen LogP contribution in [0.2, 0.25) is 0 Å². The first kappa shape index (κ1) is 10.5. The van der Waals surface area contributed by atoms with Crippen molar-refractivity contribution in [2.75, 3.05) is 0 Å². The number of aromatic nitrogens is 2. The first-order valence-corrected chi connectivity index (χ1v) is 6.15. The molecular formula is C15H16N2. The molecule has 0 N–H and O–H groups in total. The smallest absolute Gasteiger partial charge is 0.126 e. The van der Waals surface area contributed by atoms with Crippen molar-refractivity contribution in [3.8, 4) is 11.3 Å². The van der Waals surface area contributed by atoms with Gasteiger partial charge in [-0.05, 0) is 31.4 Å². The summed E-state index contributed by atoms with van der Waals surface area (Å²) in [6.45, 7) is 6.24. The average molecular weight is 224 g/mol. The molecule has 0 atom stereocenters. The first-order valence-electron chi connectivity index (χ1n) is 6.15. The van der Waals surface area contributed by atoms with E-state index in [1.807, 2.05) is 6.92 Å². The van der Waals surface area contributed by atoms with Crippen molar-refractivity contribution in [3.05, 3.63) is 46.4 Å². The fourth-order valence-corrected chi connectivity index (χ4v) is 2.60. The second-order valence-corrected chi connectivity index (χ2v) is 4.71. The van der Waals surface area contributed by atoms with Crippen LogP contribution in [0.5, 0.6) is 0 Å². The molecule has 2 nitrogen and oxygen atoms in total. The van der Waals surface area contributed by atoms with Gasteiger partial charge in [-0.15, -0.1) is 0 Å². The lowest BCUT2D eigenvalue weighted by Crippen LogP contribution is -1.97. The predicted molar refractivity (Wildman–Crippen MR) is 69.1 cm³/mol. The quantitative estimate of drug-likeness (QED) is 0.634. The number of fused-ring (bicyclic) bond motifs is 3. The van der Waals surface area contributed by atoms with Crippen molar-refractivity contribution in [2.24, 2.45) is 0 Å². The minimum Gasteiger partial charge on any atom is -0.238 e. The van der Waals surface area contributed by atoms with Crippen LogP contribution in [0.3, 0.4) is 0 Å². The van der Waals surface area contributed by atoms with E-state index in [0.29, 0.717) is 0 Å². The molecular weight excluding hydrogens is 208 g/mol. The molecule has 86 valence electrons. The van der Waals surface area contributed by atoms with E-state index in [1.165, 1.54) is 22.3 Å². The van der Waals surface area contributed by atoms with Crippen molar-refractivity contribution in [1.29, 1.82) is 0 Å². The Labute approximate surface area is 102 Å². The van der Waals surface area contributed by atoms with Crippen LogP contribution in [0.25, 0.3) is 11.3 Å². The topological polar surface area (TPSA) is 25.8 Å². The molecule has 2 aromatic rings. The van der Waals surface area contributed by atoms with Crippen molar-refractivity contribution in [3.63, 3.8) is 0 Å². The van der Waals surface area contributed by atoms with E-state index in [9.17, 15) is 0 Å². The summed E-state index contributed by atoms with van der Waals surface area (Å²) in [4.78, 5) is 9.06. The number of aryl methyl sites for hydroxylation is 3. The molecule has 0 aliphatic heterocycles. The molecule has 0 spiro atoms. The fourth-order valence-electron chi connectivity index (χ4n) is 2.60. The zero-order chi connectivity index (χ0) is 12.0. The monoisotopic (exact) mass is 224 g/mol. The van der Waals surface area contributed by atoms with Crippen molar-refractivity contribution in [1.82, 2.24) is 9.97 Å². The van der Waals surface area contributed by atoms with Gasteiger partial charge < -0.3 is 0 Å². The summed E-state index contributed by atoms with van der Waals surface area (Å²) in [5.74, 6) is 0.869. The maximum absolute atomic E-state index is 4.60.